The van der Waals surface area contributed by atoms with Gasteiger partial charge in [0.25, 0.3) is 0 Å². The van der Waals surface area contributed by atoms with Gasteiger partial charge in [-0.05, 0) is 48.9 Å². The Morgan fingerprint density at radius 1 is 1.11 bits per heavy atom. The van der Waals surface area contributed by atoms with Crippen molar-refractivity contribution < 1.29 is 18.7 Å². The molecule has 0 N–H and O–H groups in total. The molecule has 0 atom stereocenters. The summed E-state index contributed by atoms with van der Waals surface area (Å²) in [5, 5.41) is 1.11. The van der Waals surface area contributed by atoms with Gasteiger partial charge in [0, 0.05) is 49.2 Å². The van der Waals surface area contributed by atoms with E-state index in [0.717, 1.165) is 29.6 Å². The molecule has 0 radical (unpaired) electrons. The van der Waals surface area contributed by atoms with Gasteiger partial charge in [0.1, 0.15) is 17.3 Å². The Labute approximate surface area is 164 Å². The molecule has 0 spiro atoms. The summed E-state index contributed by atoms with van der Waals surface area (Å²) in [5.74, 6) is 1.09. The number of hydrogen-bond acceptors (Lipinski definition) is 3. The summed E-state index contributed by atoms with van der Waals surface area (Å²) in [7, 11) is 4.92. The molecule has 3 aromatic rings. The fourth-order valence-electron chi connectivity index (χ4n) is 3.31. The lowest BCUT2D eigenvalue weighted by Gasteiger charge is -2.19. The molecule has 2 aromatic carbocycles. The van der Waals surface area contributed by atoms with Gasteiger partial charge in [-0.2, -0.15) is 0 Å². The summed E-state index contributed by atoms with van der Waals surface area (Å²) in [6, 6.07) is 12.3. The van der Waals surface area contributed by atoms with Crippen molar-refractivity contribution in [1.82, 2.24) is 9.47 Å². The second-order valence-electron chi connectivity index (χ2n) is 6.74. The molecule has 0 aliphatic rings. The SMILES string of the molecule is COc1ccc2c(ccn2CCCC(=O)N(C)Cc2cc(F)ccc2OC)c1. The zero-order chi connectivity index (χ0) is 20.1. The average molecular weight is 384 g/mol. The number of fused-ring (bicyclic) bond motifs is 1. The Morgan fingerprint density at radius 3 is 2.68 bits per heavy atom. The molecule has 0 aliphatic heterocycles. The molecule has 1 aromatic heterocycles. The van der Waals surface area contributed by atoms with Crippen molar-refractivity contribution in [3.63, 3.8) is 0 Å². The molecule has 6 heteroatoms. The minimum absolute atomic E-state index is 0.0180. The predicted octanol–water partition coefficient (Wildman–Crippen LogP) is 4.24. The minimum Gasteiger partial charge on any atom is -0.497 e. The van der Waals surface area contributed by atoms with Gasteiger partial charge in [-0.25, -0.2) is 4.39 Å². The lowest BCUT2D eigenvalue weighted by atomic mass is 10.1. The minimum atomic E-state index is -0.340. The standard InChI is InChI=1S/C22H25FN2O3/c1-24(15-17-13-18(23)6-9-21(17)28-3)22(26)5-4-11-25-12-10-16-14-19(27-2)7-8-20(16)25/h6-10,12-14H,4-5,11,15H2,1-3H3. The van der Waals surface area contributed by atoms with Gasteiger partial charge >= 0.3 is 0 Å². The van der Waals surface area contributed by atoms with Gasteiger partial charge in [0.2, 0.25) is 5.91 Å². The molecule has 1 amide bonds. The third-order valence-electron chi connectivity index (χ3n) is 4.84. The Balaban J connectivity index is 1.56. The fourth-order valence-corrected chi connectivity index (χ4v) is 3.31. The molecule has 5 nitrogen and oxygen atoms in total. The fraction of sp³-hybridized carbons (Fsp3) is 0.318. The first-order chi connectivity index (χ1) is 13.5. The van der Waals surface area contributed by atoms with Crippen molar-refractivity contribution in [1.29, 1.82) is 0 Å². The van der Waals surface area contributed by atoms with E-state index in [1.54, 1.807) is 25.1 Å². The highest BCUT2D eigenvalue weighted by Crippen LogP contribution is 2.23. The van der Waals surface area contributed by atoms with Crippen LogP contribution in [0.5, 0.6) is 11.5 Å². The number of carbonyl (C=O) groups excluding carboxylic acids is 1. The molecule has 0 bridgehead atoms. The van der Waals surface area contributed by atoms with Crippen molar-refractivity contribution in [3.8, 4) is 11.5 Å². The summed E-state index contributed by atoms with van der Waals surface area (Å²) in [4.78, 5) is 14.1. The number of methoxy groups -OCH3 is 2. The van der Waals surface area contributed by atoms with Gasteiger partial charge < -0.3 is 18.9 Å². The maximum absolute atomic E-state index is 13.5. The first-order valence-electron chi connectivity index (χ1n) is 9.21. The lowest BCUT2D eigenvalue weighted by molar-refractivity contribution is -0.130. The van der Waals surface area contributed by atoms with Crippen molar-refractivity contribution in [3.05, 3.63) is 60.0 Å². The lowest BCUT2D eigenvalue weighted by Crippen LogP contribution is -2.26. The smallest absolute Gasteiger partial charge is 0.222 e. The largest absolute Gasteiger partial charge is 0.497 e. The third kappa shape index (κ3) is 4.44. The Morgan fingerprint density at radius 2 is 1.93 bits per heavy atom. The second-order valence-corrected chi connectivity index (χ2v) is 6.74. The highest BCUT2D eigenvalue weighted by atomic mass is 19.1. The monoisotopic (exact) mass is 384 g/mol. The normalized spacial score (nSPS) is 10.9. The number of amides is 1. The van der Waals surface area contributed by atoms with Gasteiger partial charge in [0.05, 0.1) is 14.2 Å². The molecule has 3 rings (SSSR count). The number of rotatable bonds is 8. The van der Waals surface area contributed by atoms with E-state index >= 15 is 0 Å². The molecular formula is C22H25FN2O3. The first kappa shape index (κ1) is 19.7. The van der Waals surface area contributed by atoms with Crippen LogP contribution in [0.15, 0.2) is 48.7 Å². The predicted molar refractivity (Wildman–Crippen MR) is 107 cm³/mol. The number of aromatic nitrogens is 1. The Bertz CT molecular complexity index is 968. The van der Waals surface area contributed by atoms with Crippen LogP contribution in [0.1, 0.15) is 18.4 Å². The zero-order valence-corrected chi connectivity index (χ0v) is 16.4. The van der Waals surface area contributed by atoms with E-state index in [1.807, 2.05) is 30.5 Å². The number of benzene rings is 2. The molecule has 0 saturated heterocycles. The van der Waals surface area contributed by atoms with E-state index in [4.69, 9.17) is 9.47 Å². The van der Waals surface area contributed by atoms with Crippen LogP contribution < -0.4 is 9.47 Å². The highest BCUT2D eigenvalue weighted by molar-refractivity contribution is 5.81. The van der Waals surface area contributed by atoms with Crippen LogP contribution in [0, 0.1) is 5.82 Å². The number of halogens is 1. The van der Waals surface area contributed by atoms with Crippen LogP contribution in [0.25, 0.3) is 10.9 Å². The molecule has 28 heavy (non-hydrogen) atoms. The van der Waals surface area contributed by atoms with Crippen LogP contribution in [-0.4, -0.2) is 36.6 Å². The van der Waals surface area contributed by atoms with Crippen molar-refractivity contribution in [2.75, 3.05) is 21.3 Å². The van der Waals surface area contributed by atoms with E-state index in [-0.39, 0.29) is 11.7 Å². The topological polar surface area (TPSA) is 43.7 Å². The van der Waals surface area contributed by atoms with Crippen LogP contribution in [-0.2, 0) is 17.9 Å². The molecular weight excluding hydrogens is 359 g/mol. The first-order valence-corrected chi connectivity index (χ1v) is 9.21. The van der Waals surface area contributed by atoms with Gasteiger partial charge in [0.15, 0.2) is 0 Å². The average Bonchev–Trinajstić information content (AvgIpc) is 3.10. The molecule has 0 unspecified atom stereocenters. The maximum Gasteiger partial charge on any atom is 0.222 e. The summed E-state index contributed by atoms with van der Waals surface area (Å²) >= 11 is 0. The van der Waals surface area contributed by atoms with Gasteiger partial charge in [-0.1, -0.05) is 0 Å². The molecule has 148 valence electrons. The second kappa shape index (κ2) is 8.78. The molecule has 0 saturated carbocycles. The number of aryl methyl sites for hydroxylation is 1. The molecule has 0 aliphatic carbocycles. The summed E-state index contributed by atoms with van der Waals surface area (Å²) in [5.41, 5.74) is 1.77. The van der Waals surface area contributed by atoms with Gasteiger partial charge in [-0.15, -0.1) is 0 Å². The third-order valence-corrected chi connectivity index (χ3v) is 4.84. The van der Waals surface area contributed by atoms with Crippen molar-refractivity contribution >= 4 is 16.8 Å². The van der Waals surface area contributed by atoms with E-state index in [9.17, 15) is 9.18 Å². The van der Waals surface area contributed by atoms with Gasteiger partial charge in [-0.3, -0.25) is 4.79 Å². The summed E-state index contributed by atoms with van der Waals surface area (Å²) < 4.78 is 26.1. The number of nitrogens with zero attached hydrogens (tertiary/aromatic N) is 2. The number of carbonyl (C=O) groups is 1. The zero-order valence-electron chi connectivity index (χ0n) is 16.4. The quantitative estimate of drug-likeness (QED) is 0.584. The van der Waals surface area contributed by atoms with Crippen molar-refractivity contribution in [2.45, 2.75) is 25.9 Å². The summed E-state index contributed by atoms with van der Waals surface area (Å²) in [6.45, 7) is 1.06. The highest BCUT2D eigenvalue weighted by Gasteiger charge is 2.13. The van der Waals surface area contributed by atoms with Crippen molar-refractivity contribution in [2.24, 2.45) is 0 Å². The maximum atomic E-state index is 13.5. The van der Waals surface area contributed by atoms with E-state index in [0.29, 0.717) is 24.3 Å². The Kier molecular flexibility index (Phi) is 6.19. The number of hydrogen-bond donors (Lipinski definition) is 0. The van der Waals surface area contributed by atoms with Crippen LogP contribution in [0.2, 0.25) is 0 Å². The molecule has 1 heterocycles. The summed E-state index contributed by atoms with van der Waals surface area (Å²) in [6.07, 6.45) is 3.17. The van der Waals surface area contributed by atoms with E-state index in [2.05, 4.69) is 4.57 Å². The number of ether oxygens (including phenoxy) is 2. The Hall–Kier alpha value is -3.02. The van der Waals surface area contributed by atoms with Crippen LogP contribution >= 0.6 is 0 Å². The van der Waals surface area contributed by atoms with Crippen LogP contribution in [0.3, 0.4) is 0 Å². The molecule has 0 fully saturated rings. The van der Waals surface area contributed by atoms with E-state index < -0.39 is 0 Å². The van der Waals surface area contributed by atoms with E-state index in [1.165, 1.54) is 19.2 Å². The van der Waals surface area contributed by atoms with Crippen LogP contribution in [0.4, 0.5) is 4.39 Å².